The minimum Gasteiger partial charge on any atom is -0.342 e. The van der Waals surface area contributed by atoms with Crippen molar-refractivity contribution >= 4 is 11.8 Å². The molecule has 0 unspecified atom stereocenters. The number of likely N-dealkylation sites (tertiary alicyclic amines) is 2. The second-order valence-electron chi connectivity index (χ2n) is 7.34. The predicted molar refractivity (Wildman–Crippen MR) is 96.6 cm³/mol. The van der Waals surface area contributed by atoms with Crippen LogP contribution in [-0.4, -0.2) is 45.7 Å². The van der Waals surface area contributed by atoms with Gasteiger partial charge < -0.3 is 9.80 Å². The van der Waals surface area contributed by atoms with E-state index in [0.29, 0.717) is 24.8 Å². The first-order chi connectivity index (χ1) is 12.1. The van der Waals surface area contributed by atoms with Crippen LogP contribution in [0.3, 0.4) is 0 Å². The minimum atomic E-state index is 0.147. The number of rotatable bonds is 5. The van der Waals surface area contributed by atoms with Crippen molar-refractivity contribution in [1.29, 1.82) is 0 Å². The molecule has 2 aliphatic rings. The Kier molecular flexibility index (Phi) is 5.71. The molecule has 0 bridgehead atoms. The number of hydrogen-bond acceptors (Lipinski definition) is 3. The van der Waals surface area contributed by atoms with Crippen molar-refractivity contribution in [2.24, 2.45) is 11.8 Å². The van der Waals surface area contributed by atoms with Gasteiger partial charge in [0.15, 0.2) is 0 Å². The zero-order valence-electron chi connectivity index (χ0n) is 15.4. The molecule has 0 aliphatic carbocycles. The summed E-state index contributed by atoms with van der Waals surface area (Å²) in [5, 5.41) is 0. The molecule has 0 spiro atoms. The van der Waals surface area contributed by atoms with Gasteiger partial charge in [0.2, 0.25) is 11.8 Å². The molecule has 1 aromatic rings. The summed E-state index contributed by atoms with van der Waals surface area (Å²) in [6.07, 6.45) is 7.79. The molecule has 2 amide bonds. The normalized spacial score (nSPS) is 23.7. The lowest BCUT2D eigenvalue weighted by atomic mass is 9.82. The van der Waals surface area contributed by atoms with Crippen LogP contribution >= 0.6 is 0 Å². The highest BCUT2D eigenvalue weighted by atomic mass is 16.2. The third kappa shape index (κ3) is 3.86. The molecular weight excluding hydrogens is 314 g/mol. The average Bonchev–Trinajstić information content (AvgIpc) is 2.65. The Morgan fingerprint density at radius 3 is 2.80 bits per heavy atom. The van der Waals surface area contributed by atoms with E-state index >= 15 is 0 Å². The van der Waals surface area contributed by atoms with Crippen molar-refractivity contribution in [2.45, 2.75) is 58.5 Å². The molecule has 0 aromatic carbocycles. The number of nitrogens with zero attached hydrogens (tertiary/aromatic N) is 3. The lowest BCUT2D eigenvalue weighted by Crippen LogP contribution is -2.57. The summed E-state index contributed by atoms with van der Waals surface area (Å²) in [6, 6.07) is 4.19. The van der Waals surface area contributed by atoms with Crippen molar-refractivity contribution < 1.29 is 9.59 Å². The summed E-state index contributed by atoms with van der Waals surface area (Å²) >= 11 is 0. The van der Waals surface area contributed by atoms with Crippen LogP contribution in [0.1, 0.15) is 51.5 Å². The monoisotopic (exact) mass is 343 g/mol. The fourth-order valence-electron chi connectivity index (χ4n) is 4.34. The first kappa shape index (κ1) is 17.9. The van der Waals surface area contributed by atoms with E-state index in [1.165, 1.54) is 0 Å². The predicted octanol–water partition coefficient (Wildman–Crippen LogP) is 2.86. The number of hydrogen-bond donors (Lipinski definition) is 0. The largest absolute Gasteiger partial charge is 0.342 e. The van der Waals surface area contributed by atoms with Gasteiger partial charge in [-0.2, -0.15) is 0 Å². The summed E-state index contributed by atoms with van der Waals surface area (Å²) in [6.45, 7) is 6.39. The molecule has 5 heteroatoms. The molecule has 2 saturated heterocycles. The van der Waals surface area contributed by atoms with Gasteiger partial charge in [0.05, 0.1) is 0 Å². The topological polar surface area (TPSA) is 53.5 Å². The van der Waals surface area contributed by atoms with E-state index in [2.05, 4.69) is 23.7 Å². The highest BCUT2D eigenvalue weighted by molar-refractivity contribution is 5.80. The van der Waals surface area contributed by atoms with Crippen LogP contribution < -0.4 is 0 Å². The Morgan fingerprint density at radius 1 is 1.32 bits per heavy atom. The molecule has 2 atom stereocenters. The summed E-state index contributed by atoms with van der Waals surface area (Å²) in [4.78, 5) is 33.4. The summed E-state index contributed by atoms with van der Waals surface area (Å²) in [5.41, 5.74) is 1.08. The molecule has 0 N–H and O–H groups in total. The van der Waals surface area contributed by atoms with Gasteiger partial charge in [0.25, 0.3) is 0 Å². The number of amides is 2. The second-order valence-corrected chi connectivity index (χ2v) is 7.34. The molecule has 3 rings (SSSR count). The molecule has 5 nitrogen and oxygen atoms in total. The fraction of sp³-hybridized carbons (Fsp3) is 0.650. The lowest BCUT2D eigenvalue weighted by Gasteiger charge is -2.47. The zero-order valence-corrected chi connectivity index (χ0v) is 15.4. The van der Waals surface area contributed by atoms with E-state index in [1.807, 2.05) is 23.2 Å². The quantitative estimate of drug-likeness (QED) is 0.826. The SMILES string of the molecule is CCC(CC)C(=O)N1CC[C@H]2[C@H](CCC(=O)N2Cc2cccnc2)C1. The number of aromatic nitrogens is 1. The van der Waals surface area contributed by atoms with Crippen LogP contribution in [0.5, 0.6) is 0 Å². The summed E-state index contributed by atoms with van der Waals surface area (Å²) in [5.74, 6) is 1.10. The second kappa shape index (κ2) is 7.98. The maximum Gasteiger partial charge on any atom is 0.225 e. The Balaban J connectivity index is 1.68. The van der Waals surface area contributed by atoms with Gasteiger partial charge in [0, 0.05) is 50.4 Å². The van der Waals surface area contributed by atoms with Gasteiger partial charge in [-0.15, -0.1) is 0 Å². The first-order valence-electron chi connectivity index (χ1n) is 9.61. The number of pyridine rings is 1. The van der Waals surface area contributed by atoms with Crippen LogP contribution in [0.15, 0.2) is 24.5 Å². The molecule has 0 saturated carbocycles. The van der Waals surface area contributed by atoms with Gasteiger partial charge in [-0.05, 0) is 43.2 Å². The van der Waals surface area contributed by atoms with Crippen LogP contribution in [-0.2, 0) is 16.1 Å². The van der Waals surface area contributed by atoms with Crippen LogP contribution in [0.25, 0.3) is 0 Å². The van der Waals surface area contributed by atoms with Gasteiger partial charge >= 0.3 is 0 Å². The third-order valence-corrected chi connectivity index (χ3v) is 5.87. The molecule has 0 radical (unpaired) electrons. The molecule has 25 heavy (non-hydrogen) atoms. The maximum atomic E-state index is 12.7. The van der Waals surface area contributed by atoms with Crippen molar-refractivity contribution in [3.05, 3.63) is 30.1 Å². The van der Waals surface area contributed by atoms with Gasteiger partial charge in [-0.3, -0.25) is 14.6 Å². The average molecular weight is 343 g/mol. The number of carbonyl (C=O) groups excluding carboxylic acids is 2. The smallest absolute Gasteiger partial charge is 0.225 e. The van der Waals surface area contributed by atoms with Crippen molar-refractivity contribution in [1.82, 2.24) is 14.8 Å². The molecular formula is C20H29N3O2. The summed E-state index contributed by atoms with van der Waals surface area (Å²) < 4.78 is 0. The molecule has 2 fully saturated rings. The van der Waals surface area contributed by atoms with Gasteiger partial charge in [0.1, 0.15) is 0 Å². The van der Waals surface area contributed by atoms with Crippen molar-refractivity contribution in [3.63, 3.8) is 0 Å². The van der Waals surface area contributed by atoms with Gasteiger partial charge in [-0.1, -0.05) is 19.9 Å². The number of carbonyl (C=O) groups is 2. The van der Waals surface area contributed by atoms with Crippen LogP contribution in [0, 0.1) is 11.8 Å². The Bertz CT molecular complexity index is 600. The molecule has 1 aromatic heterocycles. The Labute approximate surface area is 150 Å². The van der Waals surface area contributed by atoms with Crippen molar-refractivity contribution in [2.75, 3.05) is 13.1 Å². The minimum absolute atomic E-state index is 0.147. The number of piperidine rings is 2. The van der Waals surface area contributed by atoms with Crippen molar-refractivity contribution in [3.8, 4) is 0 Å². The van der Waals surface area contributed by atoms with E-state index in [9.17, 15) is 9.59 Å². The molecule has 2 aliphatic heterocycles. The highest BCUT2D eigenvalue weighted by Gasteiger charge is 2.40. The third-order valence-electron chi connectivity index (χ3n) is 5.87. The van der Waals surface area contributed by atoms with E-state index in [-0.39, 0.29) is 17.9 Å². The van der Waals surface area contributed by atoms with Crippen LogP contribution in [0.4, 0.5) is 0 Å². The van der Waals surface area contributed by atoms with Gasteiger partial charge in [-0.25, -0.2) is 0 Å². The van der Waals surface area contributed by atoms with Crippen LogP contribution in [0.2, 0.25) is 0 Å². The number of fused-ring (bicyclic) bond motifs is 1. The molecule has 3 heterocycles. The molecule has 136 valence electrons. The van der Waals surface area contributed by atoms with E-state index in [0.717, 1.165) is 44.3 Å². The maximum absolute atomic E-state index is 12.7. The Hall–Kier alpha value is -1.91. The first-order valence-corrected chi connectivity index (χ1v) is 9.61. The Morgan fingerprint density at radius 2 is 2.12 bits per heavy atom. The zero-order chi connectivity index (χ0) is 17.8. The lowest BCUT2D eigenvalue weighted by molar-refractivity contribution is -0.146. The fourth-order valence-corrected chi connectivity index (χ4v) is 4.34. The highest BCUT2D eigenvalue weighted by Crippen LogP contribution is 2.33. The standard InChI is InChI=1S/C20H29N3O2/c1-3-16(4-2)20(25)22-11-9-18-17(14-22)7-8-19(24)23(18)13-15-6-5-10-21-12-15/h5-6,10,12,16-18H,3-4,7-9,11,13-14H2,1-2H3/t17-,18+/m1/s1. The van der Waals surface area contributed by atoms with E-state index in [4.69, 9.17) is 0 Å². The summed E-state index contributed by atoms with van der Waals surface area (Å²) in [7, 11) is 0. The van der Waals surface area contributed by atoms with E-state index < -0.39 is 0 Å². The van der Waals surface area contributed by atoms with E-state index in [1.54, 1.807) is 6.20 Å².